The first-order valence-corrected chi connectivity index (χ1v) is 8.12. The Morgan fingerprint density at radius 1 is 0.923 bits per heavy atom. The SMILES string of the molecule is CC(C)=O.O=C1NC(=O)N(Cc2ccccc2)C(=O)C1c1ccccc1. The molecule has 0 bridgehead atoms. The molecule has 2 aromatic rings. The number of rotatable bonds is 3. The van der Waals surface area contributed by atoms with Crippen molar-refractivity contribution in [2.45, 2.75) is 26.3 Å². The molecule has 1 heterocycles. The largest absolute Gasteiger partial charge is 0.331 e. The van der Waals surface area contributed by atoms with Gasteiger partial charge in [-0.3, -0.25) is 19.8 Å². The molecule has 1 N–H and O–H groups in total. The maximum absolute atomic E-state index is 12.6. The Kier molecular flexibility index (Phi) is 6.38. The summed E-state index contributed by atoms with van der Waals surface area (Å²) in [7, 11) is 0. The summed E-state index contributed by atoms with van der Waals surface area (Å²) in [5.41, 5.74) is 1.41. The number of imide groups is 2. The minimum absolute atomic E-state index is 0.141. The predicted molar refractivity (Wildman–Crippen MR) is 96.1 cm³/mol. The number of carbonyl (C=O) groups excluding carboxylic acids is 4. The summed E-state index contributed by atoms with van der Waals surface area (Å²) < 4.78 is 0. The summed E-state index contributed by atoms with van der Waals surface area (Å²) in [5.74, 6) is -1.89. The van der Waals surface area contributed by atoms with Crippen LogP contribution in [0, 0.1) is 0 Å². The highest BCUT2D eigenvalue weighted by molar-refractivity contribution is 6.19. The van der Waals surface area contributed by atoms with Crippen molar-refractivity contribution in [1.82, 2.24) is 10.2 Å². The maximum Gasteiger partial charge on any atom is 0.331 e. The minimum Gasteiger partial charge on any atom is -0.300 e. The molecule has 0 radical (unpaired) electrons. The number of hydrogen-bond acceptors (Lipinski definition) is 4. The topological polar surface area (TPSA) is 83.6 Å². The molecule has 0 spiro atoms. The molecule has 0 saturated carbocycles. The number of ketones is 1. The highest BCUT2D eigenvalue weighted by atomic mass is 16.2. The average molecular weight is 352 g/mol. The Morgan fingerprint density at radius 2 is 1.42 bits per heavy atom. The summed E-state index contributed by atoms with van der Waals surface area (Å²) >= 11 is 0. The summed E-state index contributed by atoms with van der Waals surface area (Å²) in [5, 5.41) is 2.26. The van der Waals surface area contributed by atoms with Gasteiger partial charge in [-0.2, -0.15) is 0 Å². The summed E-state index contributed by atoms with van der Waals surface area (Å²) in [6.45, 7) is 3.20. The highest BCUT2D eigenvalue weighted by Crippen LogP contribution is 2.23. The first-order valence-electron chi connectivity index (χ1n) is 8.12. The van der Waals surface area contributed by atoms with E-state index in [1.54, 1.807) is 24.3 Å². The lowest BCUT2D eigenvalue weighted by atomic mass is 9.95. The van der Waals surface area contributed by atoms with Gasteiger partial charge in [-0.15, -0.1) is 0 Å². The van der Waals surface area contributed by atoms with E-state index in [0.29, 0.717) is 5.56 Å². The summed E-state index contributed by atoms with van der Waals surface area (Å²) in [4.78, 5) is 47.1. The van der Waals surface area contributed by atoms with Crippen molar-refractivity contribution >= 4 is 23.6 Å². The number of nitrogens with one attached hydrogen (secondary N) is 1. The lowest BCUT2D eigenvalue weighted by molar-refractivity contribution is -0.139. The highest BCUT2D eigenvalue weighted by Gasteiger charge is 2.41. The molecule has 2 aromatic carbocycles. The molecule has 134 valence electrons. The van der Waals surface area contributed by atoms with Crippen molar-refractivity contribution in [2.24, 2.45) is 0 Å². The number of carbonyl (C=O) groups is 4. The Balaban J connectivity index is 0.000000552. The van der Waals surface area contributed by atoms with Crippen molar-refractivity contribution < 1.29 is 19.2 Å². The third-order valence-electron chi connectivity index (χ3n) is 3.57. The van der Waals surface area contributed by atoms with Gasteiger partial charge in [0, 0.05) is 0 Å². The molecule has 1 aliphatic heterocycles. The molecule has 6 heteroatoms. The van der Waals surface area contributed by atoms with Gasteiger partial charge in [-0.05, 0) is 25.0 Å². The smallest absolute Gasteiger partial charge is 0.300 e. The first-order chi connectivity index (χ1) is 12.4. The van der Waals surface area contributed by atoms with Crippen molar-refractivity contribution in [3.05, 3.63) is 71.8 Å². The molecule has 0 aromatic heterocycles. The second kappa shape index (κ2) is 8.71. The lowest BCUT2D eigenvalue weighted by Crippen LogP contribution is -2.56. The predicted octanol–water partition coefficient (Wildman–Crippen LogP) is 2.64. The van der Waals surface area contributed by atoms with Crippen LogP contribution in [0.2, 0.25) is 0 Å². The van der Waals surface area contributed by atoms with Crippen LogP contribution in [0.4, 0.5) is 4.79 Å². The number of barbiturate groups is 1. The molecule has 1 atom stereocenters. The van der Waals surface area contributed by atoms with Crippen LogP contribution in [-0.4, -0.2) is 28.5 Å². The van der Waals surface area contributed by atoms with Gasteiger partial charge < -0.3 is 4.79 Å². The van der Waals surface area contributed by atoms with Crippen molar-refractivity contribution in [1.29, 1.82) is 0 Å². The van der Waals surface area contributed by atoms with Gasteiger partial charge in [-0.25, -0.2) is 4.79 Å². The van der Waals surface area contributed by atoms with E-state index in [1.165, 1.54) is 13.8 Å². The van der Waals surface area contributed by atoms with Crippen molar-refractivity contribution in [3.8, 4) is 0 Å². The third-order valence-corrected chi connectivity index (χ3v) is 3.57. The van der Waals surface area contributed by atoms with Crippen molar-refractivity contribution in [2.75, 3.05) is 0 Å². The second-order valence-electron chi connectivity index (χ2n) is 5.96. The van der Waals surface area contributed by atoms with Crippen LogP contribution in [-0.2, 0) is 20.9 Å². The number of nitrogens with zero attached hydrogens (tertiary/aromatic N) is 1. The summed E-state index contributed by atoms with van der Waals surface area (Å²) in [6, 6.07) is 17.2. The molecule has 3 rings (SSSR count). The number of Topliss-reactive ketones (excluding diaryl/α,β-unsaturated/α-hetero) is 1. The molecule has 1 unspecified atom stereocenters. The molecular formula is C20H20N2O4. The van der Waals surface area contributed by atoms with Crippen LogP contribution in [0.3, 0.4) is 0 Å². The van der Waals surface area contributed by atoms with E-state index in [0.717, 1.165) is 10.5 Å². The fourth-order valence-electron chi connectivity index (χ4n) is 2.47. The quantitative estimate of drug-likeness (QED) is 0.861. The Bertz CT molecular complexity index is 799. The Morgan fingerprint density at radius 3 is 1.96 bits per heavy atom. The van der Waals surface area contributed by atoms with Crippen molar-refractivity contribution in [3.63, 3.8) is 0 Å². The second-order valence-corrected chi connectivity index (χ2v) is 5.96. The molecular weight excluding hydrogens is 332 g/mol. The van der Waals surface area contributed by atoms with Crippen LogP contribution >= 0.6 is 0 Å². The molecule has 1 aliphatic rings. The normalized spacial score (nSPS) is 16.5. The van der Waals surface area contributed by atoms with Crippen LogP contribution in [0.1, 0.15) is 30.9 Å². The van der Waals surface area contributed by atoms with Crippen LogP contribution < -0.4 is 5.32 Å². The number of hydrogen-bond donors (Lipinski definition) is 1. The van der Waals surface area contributed by atoms with E-state index in [2.05, 4.69) is 5.32 Å². The third kappa shape index (κ3) is 4.86. The fraction of sp³-hybridized carbons (Fsp3) is 0.200. The van der Waals surface area contributed by atoms with Gasteiger partial charge in [0.1, 0.15) is 11.7 Å². The van der Waals surface area contributed by atoms with Gasteiger partial charge in [0.25, 0.3) is 0 Å². The fourth-order valence-corrected chi connectivity index (χ4v) is 2.47. The van der Waals surface area contributed by atoms with E-state index in [4.69, 9.17) is 0 Å². The minimum atomic E-state index is -0.984. The molecule has 4 amide bonds. The zero-order chi connectivity index (χ0) is 19.1. The van der Waals surface area contributed by atoms with Crippen LogP contribution in [0.15, 0.2) is 60.7 Å². The lowest BCUT2D eigenvalue weighted by Gasteiger charge is -2.30. The molecule has 1 fully saturated rings. The van der Waals surface area contributed by atoms with Gasteiger partial charge in [0.15, 0.2) is 0 Å². The van der Waals surface area contributed by atoms with Crippen LogP contribution in [0.25, 0.3) is 0 Å². The monoisotopic (exact) mass is 352 g/mol. The zero-order valence-electron chi connectivity index (χ0n) is 14.6. The van der Waals surface area contributed by atoms with Gasteiger partial charge >= 0.3 is 6.03 Å². The van der Waals surface area contributed by atoms with E-state index in [-0.39, 0.29) is 12.3 Å². The zero-order valence-corrected chi connectivity index (χ0v) is 14.6. The molecule has 0 aliphatic carbocycles. The standard InChI is InChI=1S/C17H14N2O3.C3H6O/c20-15-14(13-9-5-2-6-10-13)16(21)19(17(22)18-15)11-12-7-3-1-4-8-12;1-3(2)4/h1-10,14H,11H2,(H,18,20,22);1-2H3. The average Bonchev–Trinajstić information content (AvgIpc) is 2.60. The van der Waals surface area contributed by atoms with Crippen LogP contribution in [0.5, 0.6) is 0 Å². The van der Waals surface area contributed by atoms with E-state index < -0.39 is 23.8 Å². The first kappa shape index (κ1) is 19.1. The number of amides is 4. The molecule has 26 heavy (non-hydrogen) atoms. The Hall–Kier alpha value is -3.28. The van der Waals surface area contributed by atoms with E-state index in [1.807, 2.05) is 36.4 Å². The van der Waals surface area contributed by atoms with E-state index in [9.17, 15) is 19.2 Å². The maximum atomic E-state index is 12.6. The van der Waals surface area contributed by atoms with E-state index >= 15 is 0 Å². The van der Waals surface area contributed by atoms with Gasteiger partial charge in [-0.1, -0.05) is 60.7 Å². The number of benzene rings is 2. The molecule has 1 saturated heterocycles. The Labute approximate surface area is 151 Å². The van der Waals surface area contributed by atoms with Gasteiger partial charge in [0.2, 0.25) is 11.8 Å². The summed E-state index contributed by atoms with van der Waals surface area (Å²) in [6.07, 6.45) is 0. The molecule has 6 nitrogen and oxygen atoms in total. The van der Waals surface area contributed by atoms with Gasteiger partial charge in [0.05, 0.1) is 6.54 Å². The number of urea groups is 1.